The van der Waals surface area contributed by atoms with E-state index in [1.54, 1.807) is 6.92 Å². The zero-order valence-corrected chi connectivity index (χ0v) is 12.5. The maximum Gasteiger partial charge on any atom is 0.416 e. The number of alkyl halides is 3. The third-order valence-electron chi connectivity index (χ3n) is 3.37. The largest absolute Gasteiger partial charge is 0.416 e. The van der Waals surface area contributed by atoms with Crippen LogP contribution in [0.15, 0.2) is 24.3 Å². The number of nitrogens with zero attached hydrogens (tertiary/aromatic N) is 1. The van der Waals surface area contributed by atoms with Crippen LogP contribution in [-0.2, 0) is 6.18 Å². The Morgan fingerprint density at radius 2 is 1.91 bits per heavy atom. The molecule has 1 aromatic carbocycles. The van der Waals surface area contributed by atoms with E-state index in [4.69, 9.17) is 0 Å². The van der Waals surface area contributed by atoms with E-state index in [1.165, 1.54) is 23.5 Å². The highest BCUT2D eigenvalue weighted by molar-refractivity contribution is 7.17. The van der Waals surface area contributed by atoms with Crippen molar-refractivity contribution in [2.45, 2.75) is 32.0 Å². The van der Waals surface area contributed by atoms with Gasteiger partial charge in [0.15, 0.2) is 0 Å². The number of rotatable bonds is 3. The summed E-state index contributed by atoms with van der Waals surface area (Å²) in [6, 6.07) is 5.06. The molecule has 0 saturated heterocycles. The summed E-state index contributed by atoms with van der Waals surface area (Å²) in [5.41, 5.74) is 0.473. The first-order valence-corrected chi connectivity index (χ1v) is 7.62. The molecule has 1 heterocycles. The van der Waals surface area contributed by atoms with E-state index in [9.17, 15) is 18.0 Å². The van der Waals surface area contributed by atoms with Crippen molar-refractivity contribution in [3.8, 4) is 10.6 Å². The van der Waals surface area contributed by atoms with Gasteiger partial charge in [0, 0.05) is 11.6 Å². The normalized spacial score (nSPS) is 14.9. The van der Waals surface area contributed by atoms with Gasteiger partial charge in [-0.05, 0) is 31.9 Å². The average Bonchev–Trinajstić information content (AvgIpc) is 3.17. The molecule has 3 nitrogen and oxygen atoms in total. The highest BCUT2D eigenvalue weighted by Gasteiger charge is 2.30. The van der Waals surface area contributed by atoms with Gasteiger partial charge in [-0.1, -0.05) is 12.1 Å². The van der Waals surface area contributed by atoms with Crippen LogP contribution < -0.4 is 5.32 Å². The molecular weight excluding hydrogens is 313 g/mol. The number of aromatic nitrogens is 1. The lowest BCUT2D eigenvalue weighted by atomic mass is 10.1. The van der Waals surface area contributed by atoms with Crippen molar-refractivity contribution in [2.24, 2.45) is 0 Å². The van der Waals surface area contributed by atoms with E-state index in [0.717, 1.165) is 25.0 Å². The zero-order chi connectivity index (χ0) is 15.9. The Morgan fingerprint density at radius 1 is 1.27 bits per heavy atom. The van der Waals surface area contributed by atoms with E-state index < -0.39 is 11.7 Å². The number of aryl methyl sites for hydroxylation is 1. The zero-order valence-electron chi connectivity index (χ0n) is 11.7. The molecule has 1 amide bonds. The van der Waals surface area contributed by atoms with E-state index in [-0.39, 0.29) is 11.9 Å². The topological polar surface area (TPSA) is 42.0 Å². The average molecular weight is 326 g/mol. The van der Waals surface area contributed by atoms with E-state index >= 15 is 0 Å². The second kappa shape index (κ2) is 5.39. The number of nitrogens with one attached hydrogen (secondary N) is 1. The molecule has 0 aliphatic heterocycles. The monoisotopic (exact) mass is 326 g/mol. The molecule has 1 aliphatic rings. The minimum absolute atomic E-state index is 0.157. The number of carbonyl (C=O) groups is 1. The number of amides is 1. The molecule has 0 spiro atoms. The molecule has 3 rings (SSSR count). The molecule has 0 bridgehead atoms. The summed E-state index contributed by atoms with van der Waals surface area (Å²) < 4.78 is 37.7. The van der Waals surface area contributed by atoms with Gasteiger partial charge in [0.25, 0.3) is 5.91 Å². The maximum absolute atomic E-state index is 12.6. The molecule has 1 saturated carbocycles. The first-order valence-electron chi connectivity index (χ1n) is 6.80. The number of carbonyl (C=O) groups excluding carboxylic acids is 1. The third kappa shape index (κ3) is 3.14. The van der Waals surface area contributed by atoms with Crippen molar-refractivity contribution >= 4 is 17.2 Å². The fourth-order valence-corrected chi connectivity index (χ4v) is 2.99. The Balaban J connectivity index is 1.84. The van der Waals surface area contributed by atoms with Gasteiger partial charge in [-0.25, -0.2) is 4.98 Å². The Labute approximate surface area is 129 Å². The second-order valence-electron chi connectivity index (χ2n) is 5.26. The summed E-state index contributed by atoms with van der Waals surface area (Å²) in [7, 11) is 0. The second-order valence-corrected chi connectivity index (χ2v) is 6.26. The molecule has 1 aromatic heterocycles. The van der Waals surface area contributed by atoms with Gasteiger partial charge in [-0.3, -0.25) is 4.79 Å². The highest BCUT2D eigenvalue weighted by atomic mass is 32.1. The van der Waals surface area contributed by atoms with Crippen LogP contribution >= 0.6 is 11.3 Å². The smallest absolute Gasteiger partial charge is 0.349 e. The van der Waals surface area contributed by atoms with E-state index in [2.05, 4.69) is 10.3 Å². The Hall–Kier alpha value is -1.89. The Kier molecular flexibility index (Phi) is 3.68. The standard InChI is InChI=1S/C15H13F3N2OS/c1-8-12(13(21)20-11-6-7-11)22-14(19-8)9-2-4-10(5-3-9)15(16,17)18/h2-5,11H,6-7H2,1H3,(H,20,21). The van der Waals surface area contributed by atoms with Crippen LogP contribution in [0.2, 0.25) is 0 Å². The minimum atomic E-state index is -4.35. The van der Waals surface area contributed by atoms with Crippen molar-refractivity contribution in [2.75, 3.05) is 0 Å². The van der Waals surface area contributed by atoms with Crippen LogP contribution in [0.3, 0.4) is 0 Å². The van der Waals surface area contributed by atoms with Crippen molar-refractivity contribution in [1.82, 2.24) is 10.3 Å². The number of hydrogen-bond donors (Lipinski definition) is 1. The molecule has 116 valence electrons. The van der Waals surface area contributed by atoms with Gasteiger partial charge in [0.05, 0.1) is 11.3 Å². The first-order chi connectivity index (χ1) is 10.3. The quantitative estimate of drug-likeness (QED) is 0.925. The lowest BCUT2D eigenvalue weighted by Gasteiger charge is -2.06. The van der Waals surface area contributed by atoms with Crippen LogP contribution in [0.1, 0.15) is 33.8 Å². The number of benzene rings is 1. The summed E-state index contributed by atoms with van der Waals surface area (Å²) in [4.78, 5) is 16.9. The van der Waals surface area contributed by atoms with Crippen molar-refractivity contribution in [3.63, 3.8) is 0 Å². The molecule has 1 aliphatic carbocycles. The molecule has 7 heteroatoms. The van der Waals surface area contributed by atoms with Crippen LogP contribution in [0, 0.1) is 6.92 Å². The van der Waals surface area contributed by atoms with Crippen LogP contribution in [0.4, 0.5) is 13.2 Å². The van der Waals surface area contributed by atoms with Crippen LogP contribution in [0.5, 0.6) is 0 Å². The van der Waals surface area contributed by atoms with Gasteiger partial charge in [0.2, 0.25) is 0 Å². The van der Waals surface area contributed by atoms with Gasteiger partial charge in [-0.15, -0.1) is 11.3 Å². The molecule has 0 radical (unpaired) electrons. The fourth-order valence-electron chi connectivity index (χ4n) is 2.01. The Morgan fingerprint density at radius 3 is 2.45 bits per heavy atom. The maximum atomic E-state index is 12.6. The fraction of sp³-hybridized carbons (Fsp3) is 0.333. The highest BCUT2D eigenvalue weighted by Crippen LogP contribution is 2.33. The first kappa shape index (κ1) is 15.0. The van der Waals surface area contributed by atoms with Gasteiger partial charge in [0.1, 0.15) is 9.88 Å². The molecule has 0 atom stereocenters. The van der Waals surface area contributed by atoms with Crippen molar-refractivity contribution < 1.29 is 18.0 Å². The molecule has 2 aromatic rings. The number of thiazole rings is 1. The summed E-state index contributed by atoms with van der Waals surface area (Å²) in [6.45, 7) is 1.73. The van der Waals surface area contributed by atoms with Crippen LogP contribution in [-0.4, -0.2) is 16.9 Å². The summed E-state index contributed by atoms with van der Waals surface area (Å²) >= 11 is 1.20. The number of hydrogen-bond acceptors (Lipinski definition) is 3. The van der Waals surface area contributed by atoms with Crippen molar-refractivity contribution in [3.05, 3.63) is 40.4 Å². The van der Waals surface area contributed by atoms with Gasteiger partial charge in [-0.2, -0.15) is 13.2 Å². The van der Waals surface area contributed by atoms with Gasteiger partial charge < -0.3 is 5.32 Å². The Bertz CT molecular complexity index is 703. The lowest BCUT2D eigenvalue weighted by Crippen LogP contribution is -2.25. The van der Waals surface area contributed by atoms with Crippen molar-refractivity contribution in [1.29, 1.82) is 0 Å². The predicted molar refractivity (Wildman–Crippen MR) is 77.8 cm³/mol. The van der Waals surface area contributed by atoms with Crippen LogP contribution in [0.25, 0.3) is 10.6 Å². The van der Waals surface area contributed by atoms with Gasteiger partial charge >= 0.3 is 6.18 Å². The molecular formula is C15H13F3N2OS. The molecule has 22 heavy (non-hydrogen) atoms. The van der Waals surface area contributed by atoms with E-state index in [1.807, 2.05) is 0 Å². The summed E-state index contributed by atoms with van der Waals surface area (Å²) in [5, 5.41) is 3.44. The SMILES string of the molecule is Cc1nc(-c2ccc(C(F)(F)F)cc2)sc1C(=O)NC1CC1. The third-order valence-corrected chi connectivity index (χ3v) is 4.58. The summed E-state index contributed by atoms with van der Waals surface area (Å²) in [5.74, 6) is -0.157. The molecule has 1 fully saturated rings. The predicted octanol–water partition coefficient (Wildman–Crippen LogP) is 4.03. The lowest BCUT2D eigenvalue weighted by molar-refractivity contribution is -0.137. The molecule has 1 N–H and O–H groups in total. The number of halogens is 3. The minimum Gasteiger partial charge on any atom is -0.349 e. The summed E-state index contributed by atoms with van der Waals surface area (Å²) in [6.07, 6.45) is -2.36. The molecule has 0 unspecified atom stereocenters. The van der Waals surface area contributed by atoms with E-state index in [0.29, 0.717) is 21.1 Å².